The van der Waals surface area contributed by atoms with Gasteiger partial charge in [0.2, 0.25) is 0 Å². The van der Waals surface area contributed by atoms with E-state index in [0.29, 0.717) is 0 Å². The van der Waals surface area contributed by atoms with E-state index in [1.165, 1.54) is 0 Å². The molecule has 0 bridgehead atoms. The number of pyridine rings is 1. The van der Waals surface area contributed by atoms with E-state index in [0.717, 1.165) is 34.6 Å². The summed E-state index contributed by atoms with van der Waals surface area (Å²) in [6.45, 7) is 5.80. The lowest BCUT2D eigenvalue weighted by Crippen LogP contribution is -2.08. The highest BCUT2D eigenvalue weighted by atomic mass is 16.3. The Morgan fingerprint density at radius 3 is 2.56 bits per heavy atom. The smallest absolute Gasteiger partial charge is 0.107 e. The fourth-order valence-corrected chi connectivity index (χ4v) is 1.87. The summed E-state index contributed by atoms with van der Waals surface area (Å²) in [5, 5.41) is 18.6. The Balaban J connectivity index is 2.41. The third kappa shape index (κ3) is 2.54. The number of hydrogen-bond donors (Lipinski definition) is 1. The number of aromatic nitrogens is 3. The fourth-order valence-electron chi connectivity index (χ4n) is 1.87. The molecule has 94 valence electrons. The number of nitrogens with zero attached hydrogens (tertiary/aromatic N) is 3. The molecule has 4 heteroatoms. The molecular formula is C14H17N3O. The van der Waals surface area contributed by atoms with Crippen LogP contribution in [0.2, 0.25) is 0 Å². The van der Waals surface area contributed by atoms with E-state index in [9.17, 15) is 5.11 Å². The van der Waals surface area contributed by atoms with Crippen LogP contribution in [0, 0.1) is 13.8 Å². The van der Waals surface area contributed by atoms with Crippen molar-refractivity contribution in [3.8, 4) is 0 Å². The van der Waals surface area contributed by atoms with Gasteiger partial charge in [-0.25, -0.2) is 0 Å². The van der Waals surface area contributed by atoms with Gasteiger partial charge in [-0.1, -0.05) is 13.0 Å². The Morgan fingerprint density at radius 2 is 1.94 bits per heavy atom. The molecule has 2 aromatic heterocycles. The maximum absolute atomic E-state index is 10.4. The summed E-state index contributed by atoms with van der Waals surface area (Å²) in [6, 6.07) is 5.67. The molecule has 0 radical (unpaired) electrons. The third-order valence-electron chi connectivity index (χ3n) is 2.91. The van der Waals surface area contributed by atoms with Gasteiger partial charge in [0.25, 0.3) is 0 Å². The van der Waals surface area contributed by atoms with Crippen LogP contribution in [0.5, 0.6) is 0 Å². The lowest BCUT2D eigenvalue weighted by molar-refractivity contribution is 0.217. The van der Waals surface area contributed by atoms with Crippen molar-refractivity contribution < 1.29 is 5.11 Å². The van der Waals surface area contributed by atoms with Crippen LogP contribution in [0.15, 0.2) is 24.4 Å². The molecular weight excluding hydrogens is 226 g/mol. The van der Waals surface area contributed by atoms with Crippen LogP contribution < -0.4 is 0 Å². The fraction of sp³-hybridized carbons (Fsp3) is 0.357. The average molecular weight is 243 g/mol. The summed E-state index contributed by atoms with van der Waals surface area (Å²) in [5.41, 5.74) is 4.17. The van der Waals surface area contributed by atoms with Crippen molar-refractivity contribution in [2.45, 2.75) is 33.3 Å². The summed E-state index contributed by atoms with van der Waals surface area (Å²) >= 11 is 0. The summed E-state index contributed by atoms with van der Waals surface area (Å²) < 4.78 is 0. The minimum atomic E-state index is -0.692. The third-order valence-corrected chi connectivity index (χ3v) is 2.91. The first-order valence-corrected chi connectivity index (χ1v) is 6.05. The van der Waals surface area contributed by atoms with Crippen molar-refractivity contribution in [1.82, 2.24) is 15.2 Å². The van der Waals surface area contributed by atoms with E-state index in [1.54, 1.807) is 6.20 Å². The molecule has 1 N–H and O–H groups in total. The maximum Gasteiger partial charge on any atom is 0.107 e. The molecule has 0 aliphatic heterocycles. The summed E-state index contributed by atoms with van der Waals surface area (Å²) in [7, 11) is 0. The number of hydrogen-bond acceptors (Lipinski definition) is 4. The highest BCUT2D eigenvalue weighted by Crippen LogP contribution is 2.24. The van der Waals surface area contributed by atoms with Crippen molar-refractivity contribution in [2.75, 3.05) is 0 Å². The van der Waals surface area contributed by atoms with Crippen molar-refractivity contribution in [3.63, 3.8) is 0 Å². The normalized spacial score (nSPS) is 12.4. The minimum absolute atomic E-state index is 0.692. The van der Waals surface area contributed by atoms with Gasteiger partial charge in [-0.2, -0.15) is 10.2 Å². The van der Waals surface area contributed by atoms with Crippen LogP contribution in [0.4, 0.5) is 0 Å². The largest absolute Gasteiger partial charge is 0.384 e. The number of aryl methyl sites for hydroxylation is 3. The molecule has 0 saturated heterocycles. The zero-order valence-electron chi connectivity index (χ0n) is 10.9. The number of rotatable bonds is 3. The molecule has 1 unspecified atom stereocenters. The van der Waals surface area contributed by atoms with Gasteiger partial charge in [0.05, 0.1) is 11.4 Å². The second-order valence-electron chi connectivity index (χ2n) is 4.38. The summed E-state index contributed by atoms with van der Waals surface area (Å²) in [5.74, 6) is 0. The topological polar surface area (TPSA) is 58.9 Å². The molecule has 1 atom stereocenters. The first-order chi connectivity index (χ1) is 8.61. The highest BCUT2D eigenvalue weighted by Gasteiger charge is 2.16. The molecule has 0 aromatic carbocycles. The molecule has 0 aliphatic rings. The Labute approximate surface area is 107 Å². The van der Waals surface area contributed by atoms with Crippen LogP contribution in [-0.2, 0) is 6.42 Å². The first-order valence-electron chi connectivity index (χ1n) is 6.05. The zero-order valence-corrected chi connectivity index (χ0v) is 10.9. The van der Waals surface area contributed by atoms with Gasteiger partial charge < -0.3 is 5.11 Å². The molecule has 2 rings (SSSR count). The predicted octanol–water partition coefficient (Wildman–Crippen LogP) is 2.13. The number of aliphatic hydroxyl groups is 1. The van der Waals surface area contributed by atoms with Gasteiger partial charge in [0.1, 0.15) is 6.10 Å². The Kier molecular flexibility index (Phi) is 3.67. The summed E-state index contributed by atoms with van der Waals surface area (Å²) in [4.78, 5) is 4.21. The zero-order chi connectivity index (χ0) is 13.1. The van der Waals surface area contributed by atoms with Crippen LogP contribution >= 0.6 is 0 Å². The lowest BCUT2D eigenvalue weighted by atomic mass is 10.00. The van der Waals surface area contributed by atoms with Crippen LogP contribution in [-0.4, -0.2) is 20.3 Å². The Morgan fingerprint density at radius 1 is 1.17 bits per heavy atom. The van der Waals surface area contributed by atoms with Crippen LogP contribution in [0.3, 0.4) is 0 Å². The van der Waals surface area contributed by atoms with Gasteiger partial charge in [0.15, 0.2) is 0 Å². The van der Waals surface area contributed by atoms with E-state index in [2.05, 4.69) is 15.2 Å². The number of aliphatic hydroxyl groups excluding tert-OH is 1. The molecule has 2 heterocycles. The van der Waals surface area contributed by atoms with Gasteiger partial charge in [0, 0.05) is 23.0 Å². The molecule has 0 spiro atoms. The molecule has 2 aromatic rings. The van der Waals surface area contributed by atoms with Gasteiger partial charge >= 0.3 is 0 Å². The molecule has 0 aliphatic carbocycles. The van der Waals surface area contributed by atoms with Crippen molar-refractivity contribution in [1.29, 1.82) is 0 Å². The molecule has 0 fully saturated rings. The maximum atomic E-state index is 10.4. The van der Waals surface area contributed by atoms with E-state index < -0.39 is 6.10 Å². The van der Waals surface area contributed by atoms with Crippen molar-refractivity contribution in [2.24, 2.45) is 0 Å². The van der Waals surface area contributed by atoms with Crippen LogP contribution in [0.1, 0.15) is 41.2 Å². The SMILES string of the molecule is CCc1nnc(C)cc1C(O)c1ccc(C)nc1. The van der Waals surface area contributed by atoms with Gasteiger partial charge in [-0.05, 0) is 32.4 Å². The molecule has 18 heavy (non-hydrogen) atoms. The Hall–Kier alpha value is -1.81. The molecule has 0 amide bonds. The molecule has 4 nitrogen and oxygen atoms in total. The molecule has 0 saturated carbocycles. The standard InChI is InChI=1S/C14H17N3O/c1-4-13-12(7-10(3)16-17-13)14(18)11-6-5-9(2)15-8-11/h5-8,14,18H,4H2,1-3H3. The highest BCUT2D eigenvalue weighted by molar-refractivity contribution is 5.32. The Bertz CT molecular complexity index is 537. The van der Waals surface area contributed by atoms with Crippen molar-refractivity contribution >= 4 is 0 Å². The first kappa shape index (κ1) is 12.6. The van der Waals surface area contributed by atoms with Crippen LogP contribution in [0.25, 0.3) is 0 Å². The van der Waals surface area contributed by atoms with E-state index in [4.69, 9.17) is 0 Å². The second kappa shape index (κ2) is 5.23. The summed E-state index contributed by atoms with van der Waals surface area (Å²) in [6.07, 6.45) is 1.76. The lowest BCUT2D eigenvalue weighted by Gasteiger charge is -2.14. The monoisotopic (exact) mass is 243 g/mol. The quantitative estimate of drug-likeness (QED) is 0.897. The predicted molar refractivity (Wildman–Crippen MR) is 69.2 cm³/mol. The van der Waals surface area contributed by atoms with Gasteiger partial charge in [-0.3, -0.25) is 4.98 Å². The second-order valence-corrected chi connectivity index (χ2v) is 4.38. The van der Waals surface area contributed by atoms with E-state index in [1.807, 2.05) is 39.0 Å². The average Bonchev–Trinajstić information content (AvgIpc) is 2.39. The van der Waals surface area contributed by atoms with E-state index >= 15 is 0 Å². The minimum Gasteiger partial charge on any atom is -0.384 e. The van der Waals surface area contributed by atoms with E-state index in [-0.39, 0.29) is 0 Å². The van der Waals surface area contributed by atoms with Gasteiger partial charge in [-0.15, -0.1) is 0 Å². The van der Waals surface area contributed by atoms with Crippen molar-refractivity contribution in [3.05, 3.63) is 52.6 Å².